The number of nitro groups is 1. The van der Waals surface area contributed by atoms with Crippen LogP contribution in [-0.4, -0.2) is 37.4 Å². The molecule has 0 bridgehead atoms. The Bertz CT molecular complexity index is 645. The molecular weight excluding hydrogens is 315 g/mol. The average molecular weight is 327 g/mol. The van der Waals surface area contributed by atoms with Gasteiger partial charge in [0.25, 0.3) is 5.69 Å². The molecule has 1 aromatic rings. The minimum Gasteiger partial charge on any atom is -0.398 e. The number of nitrogens with two attached hydrogens (primary N) is 1. The topological polar surface area (TPSA) is 107 Å². The van der Waals surface area contributed by atoms with Crippen molar-refractivity contribution in [2.45, 2.75) is 17.5 Å². The molecule has 0 aromatic heterocycles. The number of benzene rings is 1. The number of nitrogen functional groups attached to an aromatic ring is 1. The second-order valence-corrected chi connectivity index (χ2v) is 6.18. The summed E-state index contributed by atoms with van der Waals surface area (Å²) < 4.78 is 61.0. The van der Waals surface area contributed by atoms with Crippen LogP contribution >= 0.6 is 0 Å². The molecule has 2 N–H and O–H groups in total. The molecule has 21 heavy (non-hydrogen) atoms. The van der Waals surface area contributed by atoms with E-state index in [1.54, 1.807) is 0 Å². The molecule has 118 valence electrons. The van der Waals surface area contributed by atoms with E-state index in [2.05, 4.69) is 0 Å². The predicted octanol–water partition coefficient (Wildman–Crippen LogP) is 1.75. The van der Waals surface area contributed by atoms with Crippen LogP contribution in [0.4, 0.5) is 24.5 Å². The lowest BCUT2D eigenvalue weighted by Gasteiger charge is -2.18. The summed E-state index contributed by atoms with van der Waals surface area (Å²) in [6.07, 6.45) is -5.85. The molecule has 0 amide bonds. The fourth-order valence-corrected chi connectivity index (χ4v) is 2.74. The zero-order valence-electron chi connectivity index (χ0n) is 10.8. The Balaban J connectivity index is 3.12. The maximum atomic E-state index is 12.1. The molecule has 11 heteroatoms. The quantitative estimate of drug-likeness (QED) is 0.504. The minimum atomic E-state index is -4.52. The second kappa shape index (κ2) is 5.85. The van der Waals surface area contributed by atoms with Crippen molar-refractivity contribution < 1.29 is 26.5 Å². The average Bonchev–Trinajstić information content (AvgIpc) is 2.34. The zero-order chi connectivity index (χ0) is 16.4. The molecule has 0 saturated heterocycles. The molecule has 0 aliphatic rings. The fraction of sp³-hybridized carbons (Fsp3) is 0.400. The molecule has 0 spiro atoms. The third kappa shape index (κ3) is 4.29. The summed E-state index contributed by atoms with van der Waals surface area (Å²) in [7, 11) is -3.40. The van der Waals surface area contributed by atoms with Crippen LogP contribution in [0.1, 0.15) is 6.42 Å². The van der Waals surface area contributed by atoms with Gasteiger partial charge in [0.15, 0.2) is 0 Å². The molecule has 0 radical (unpaired) electrons. The highest BCUT2D eigenvalue weighted by atomic mass is 32.2. The number of anilines is 1. The summed E-state index contributed by atoms with van der Waals surface area (Å²) in [4.78, 5) is 9.20. The van der Waals surface area contributed by atoms with Crippen LogP contribution in [0.2, 0.25) is 0 Å². The summed E-state index contributed by atoms with van der Waals surface area (Å²) in [6, 6.07) is 2.74. The van der Waals surface area contributed by atoms with Crippen molar-refractivity contribution in [3.8, 4) is 0 Å². The van der Waals surface area contributed by atoms with Gasteiger partial charge in [-0.25, -0.2) is 12.7 Å². The number of alkyl halides is 3. The van der Waals surface area contributed by atoms with Crippen LogP contribution in [-0.2, 0) is 10.0 Å². The molecule has 0 atom stereocenters. The molecule has 0 aliphatic carbocycles. The van der Waals surface area contributed by atoms with Gasteiger partial charge in [-0.1, -0.05) is 0 Å². The summed E-state index contributed by atoms with van der Waals surface area (Å²) in [6.45, 7) is -0.812. The van der Waals surface area contributed by atoms with Crippen molar-refractivity contribution in [2.24, 2.45) is 0 Å². The molecule has 0 fully saturated rings. The lowest BCUT2D eigenvalue weighted by atomic mass is 10.3. The molecule has 0 unspecified atom stereocenters. The molecule has 7 nitrogen and oxygen atoms in total. The van der Waals surface area contributed by atoms with Crippen LogP contribution < -0.4 is 5.73 Å². The Morgan fingerprint density at radius 2 is 1.95 bits per heavy atom. The van der Waals surface area contributed by atoms with Crippen molar-refractivity contribution in [1.82, 2.24) is 4.31 Å². The molecule has 0 heterocycles. The lowest BCUT2D eigenvalue weighted by Crippen LogP contribution is -2.31. The van der Waals surface area contributed by atoms with Gasteiger partial charge in [0.2, 0.25) is 10.0 Å². The first-order valence-electron chi connectivity index (χ1n) is 5.52. The summed E-state index contributed by atoms with van der Waals surface area (Å²) in [5, 5.41) is 10.6. The second-order valence-electron chi connectivity index (χ2n) is 4.17. The van der Waals surface area contributed by atoms with E-state index in [4.69, 9.17) is 5.73 Å². The Labute approximate surface area is 118 Å². The Morgan fingerprint density at radius 1 is 1.38 bits per heavy atom. The SMILES string of the molecule is CN(CCC(F)(F)F)S(=O)(=O)c1cc([N+](=O)[O-])ccc1N. The first-order valence-corrected chi connectivity index (χ1v) is 6.96. The highest BCUT2D eigenvalue weighted by Gasteiger charge is 2.31. The number of nitro benzene ring substituents is 1. The van der Waals surface area contributed by atoms with E-state index >= 15 is 0 Å². The summed E-state index contributed by atoms with van der Waals surface area (Å²) in [5.74, 6) is 0. The van der Waals surface area contributed by atoms with Gasteiger partial charge in [-0.3, -0.25) is 10.1 Å². The highest BCUT2D eigenvalue weighted by molar-refractivity contribution is 7.89. The van der Waals surface area contributed by atoms with Gasteiger partial charge in [0, 0.05) is 25.7 Å². The molecular formula is C10H12F3N3O4S. The number of non-ortho nitro benzene ring substituents is 1. The summed E-state index contributed by atoms with van der Waals surface area (Å²) >= 11 is 0. The Hall–Kier alpha value is -1.88. The van der Waals surface area contributed by atoms with Crippen LogP contribution in [0.5, 0.6) is 0 Å². The van der Waals surface area contributed by atoms with Crippen LogP contribution in [0.25, 0.3) is 0 Å². The number of halogens is 3. The molecule has 0 saturated carbocycles. The number of nitrogens with zero attached hydrogens (tertiary/aromatic N) is 2. The van der Waals surface area contributed by atoms with E-state index in [1.165, 1.54) is 0 Å². The van der Waals surface area contributed by atoms with Crippen LogP contribution in [0.3, 0.4) is 0 Å². The van der Waals surface area contributed by atoms with Crippen molar-refractivity contribution in [2.75, 3.05) is 19.3 Å². The first-order chi connectivity index (χ1) is 9.45. The number of hydrogen-bond donors (Lipinski definition) is 1. The van der Waals surface area contributed by atoms with E-state index in [9.17, 15) is 31.7 Å². The number of rotatable bonds is 5. The molecule has 0 aliphatic heterocycles. The lowest BCUT2D eigenvalue weighted by molar-refractivity contribution is -0.385. The van der Waals surface area contributed by atoms with Gasteiger partial charge in [-0.05, 0) is 6.07 Å². The number of hydrogen-bond acceptors (Lipinski definition) is 5. The number of sulfonamides is 1. The van der Waals surface area contributed by atoms with E-state index in [1.807, 2.05) is 0 Å². The highest BCUT2D eigenvalue weighted by Crippen LogP contribution is 2.27. The van der Waals surface area contributed by atoms with Crippen molar-refractivity contribution in [1.29, 1.82) is 0 Å². The van der Waals surface area contributed by atoms with E-state index in [0.29, 0.717) is 4.31 Å². The maximum Gasteiger partial charge on any atom is 0.390 e. The largest absolute Gasteiger partial charge is 0.398 e. The minimum absolute atomic E-state index is 0.278. The van der Waals surface area contributed by atoms with Crippen molar-refractivity contribution in [3.05, 3.63) is 28.3 Å². The van der Waals surface area contributed by atoms with E-state index < -0.39 is 44.7 Å². The standard InChI is InChI=1S/C10H12F3N3O4S/c1-15(5-4-10(11,12)13)21(19,20)9-6-7(16(17)18)2-3-8(9)14/h2-3,6H,4-5,14H2,1H3. The Kier molecular flexibility index (Phi) is 4.79. The molecule has 1 rings (SSSR count). The smallest absolute Gasteiger partial charge is 0.390 e. The van der Waals surface area contributed by atoms with Gasteiger partial charge in [0.05, 0.1) is 17.0 Å². The zero-order valence-corrected chi connectivity index (χ0v) is 11.6. The van der Waals surface area contributed by atoms with Crippen LogP contribution in [0, 0.1) is 10.1 Å². The van der Waals surface area contributed by atoms with Gasteiger partial charge in [0.1, 0.15) is 4.90 Å². The molecule has 1 aromatic carbocycles. The monoisotopic (exact) mass is 327 g/mol. The van der Waals surface area contributed by atoms with Gasteiger partial charge in [-0.15, -0.1) is 0 Å². The normalized spacial score (nSPS) is 12.6. The summed E-state index contributed by atoms with van der Waals surface area (Å²) in [5.41, 5.74) is 4.65. The van der Waals surface area contributed by atoms with Crippen molar-refractivity contribution >= 4 is 21.4 Å². The predicted molar refractivity (Wildman–Crippen MR) is 68.0 cm³/mol. The third-order valence-electron chi connectivity index (χ3n) is 2.61. The first kappa shape index (κ1) is 17.2. The van der Waals surface area contributed by atoms with E-state index in [-0.39, 0.29) is 5.69 Å². The van der Waals surface area contributed by atoms with E-state index in [0.717, 1.165) is 25.2 Å². The van der Waals surface area contributed by atoms with Crippen LogP contribution in [0.15, 0.2) is 23.1 Å². The maximum absolute atomic E-state index is 12.1. The fourth-order valence-electron chi connectivity index (χ4n) is 1.43. The van der Waals surface area contributed by atoms with Gasteiger partial charge < -0.3 is 5.73 Å². The van der Waals surface area contributed by atoms with Gasteiger partial charge >= 0.3 is 6.18 Å². The van der Waals surface area contributed by atoms with Gasteiger partial charge in [-0.2, -0.15) is 13.2 Å². The third-order valence-corrected chi connectivity index (χ3v) is 4.52. The Morgan fingerprint density at radius 3 is 2.43 bits per heavy atom. The van der Waals surface area contributed by atoms with Crippen molar-refractivity contribution in [3.63, 3.8) is 0 Å².